The standard InChI is InChI=1S/C22H22N4O2S/c1-14-12-19(15(2)26(14)13-18-10-7-11-28-18)20(27)16(3)29-22-23-21(24-25-22)17-8-5-4-6-9-17/h4-12,16H,13H2,1-3H3,(H,23,24,25)/t16-/m1/s1. The van der Waals surface area contributed by atoms with Crippen molar-refractivity contribution in [3.8, 4) is 11.4 Å². The molecule has 0 aliphatic rings. The number of benzene rings is 1. The van der Waals surface area contributed by atoms with E-state index in [4.69, 9.17) is 4.42 Å². The Labute approximate surface area is 173 Å². The first-order valence-corrected chi connectivity index (χ1v) is 10.3. The van der Waals surface area contributed by atoms with E-state index in [0.717, 1.165) is 28.3 Å². The van der Waals surface area contributed by atoms with Gasteiger partial charge in [0, 0.05) is 22.5 Å². The zero-order valence-electron chi connectivity index (χ0n) is 16.5. The number of rotatable bonds is 7. The summed E-state index contributed by atoms with van der Waals surface area (Å²) in [5.41, 5.74) is 3.67. The molecule has 0 saturated heterocycles. The molecule has 3 aromatic heterocycles. The van der Waals surface area contributed by atoms with Gasteiger partial charge in [-0.05, 0) is 39.0 Å². The number of carbonyl (C=O) groups excluding carboxylic acids is 1. The summed E-state index contributed by atoms with van der Waals surface area (Å²) in [5, 5.41) is 7.47. The minimum atomic E-state index is -0.299. The maximum Gasteiger partial charge on any atom is 0.209 e. The van der Waals surface area contributed by atoms with Crippen LogP contribution in [0.2, 0.25) is 0 Å². The van der Waals surface area contributed by atoms with Crippen molar-refractivity contribution >= 4 is 17.5 Å². The highest BCUT2D eigenvalue weighted by Crippen LogP contribution is 2.27. The molecule has 1 N–H and O–H groups in total. The molecule has 7 heteroatoms. The van der Waals surface area contributed by atoms with Gasteiger partial charge in [-0.1, -0.05) is 42.1 Å². The van der Waals surface area contributed by atoms with Crippen molar-refractivity contribution in [2.75, 3.05) is 0 Å². The highest BCUT2D eigenvalue weighted by molar-refractivity contribution is 8.00. The number of nitrogens with one attached hydrogen (secondary N) is 1. The summed E-state index contributed by atoms with van der Waals surface area (Å²) in [7, 11) is 0. The van der Waals surface area contributed by atoms with E-state index in [1.165, 1.54) is 11.8 Å². The van der Waals surface area contributed by atoms with E-state index in [2.05, 4.69) is 19.7 Å². The van der Waals surface area contributed by atoms with E-state index < -0.39 is 0 Å². The molecule has 148 valence electrons. The van der Waals surface area contributed by atoms with Crippen molar-refractivity contribution in [2.45, 2.75) is 37.7 Å². The Morgan fingerprint density at radius 2 is 2.00 bits per heavy atom. The van der Waals surface area contributed by atoms with Gasteiger partial charge in [0.05, 0.1) is 18.1 Å². The molecule has 0 spiro atoms. The molecule has 6 nitrogen and oxygen atoms in total. The summed E-state index contributed by atoms with van der Waals surface area (Å²) in [6.45, 7) is 6.48. The molecule has 1 aromatic carbocycles. The zero-order chi connectivity index (χ0) is 20.4. The number of Topliss-reactive ketones (excluding diaryl/α,β-unsaturated/α-hetero) is 1. The van der Waals surface area contributed by atoms with Gasteiger partial charge in [0.2, 0.25) is 5.16 Å². The number of nitrogens with zero attached hydrogens (tertiary/aromatic N) is 3. The maximum atomic E-state index is 13.1. The lowest BCUT2D eigenvalue weighted by Crippen LogP contribution is -2.15. The molecule has 0 radical (unpaired) electrons. The Kier molecular flexibility index (Phi) is 5.40. The Bertz CT molecular complexity index is 1110. The van der Waals surface area contributed by atoms with E-state index >= 15 is 0 Å². The summed E-state index contributed by atoms with van der Waals surface area (Å²) >= 11 is 1.36. The van der Waals surface area contributed by atoms with E-state index in [9.17, 15) is 4.79 Å². The van der Waals surface area contributed by atoms with Gasteiger partial charge in [0.25, 0.3) is 0 Å². The quantitative estimate of drug-likeness (QED) is 0.349. The zero-order valence-corrected chi connectivity index (χ0v) is 17.4. The lowest BCUT2D eigenvalue weighted by atomic mass is 10.1. The smallest absolute Gasteiger partial charge is 0.209 e. The number of aromatic amines is 1. The van der Waals surface area contributed by atoms with Gasteiger partial charge in [0.15, 0.2) is 11.6 Å². The first-order chi connectivity index (χ1) is 14.0. The minimum absolute atomic E-state index is 0.0693. The van der Waals surface area contributed by atoms with Gasteiger partial charge < -0.3 is 8.98 Å². The number of H-pyrrole nitrogens is 1. The number of ketones is 1. The van der Waals surface area contributed by atoms with Gasteiger partial charge in [-0.2, -0.15) is 0 Å². The Hall–Kier alpha value is -3.06. The lowest BCUT2D eigenvalue weighted by molar-refractivity contribution is 0.0993. The number of thioether (sulfide) groups is 1. The molecule has 0 saturated carbocycles. The highest BCUT2D eigenvalue weighted by atomic mass is 32.2. The molecule has 0 amide bonds. The van der Waals surface area contributed by atoms with Crippen LogP contribution in [0.25, 0.3) is 11.4 Å². The molecule has 29 heavy (non-hydrogen) atoms. The second-order valence-corrected chi connectivity index (χ2v) is 8.22. The summed E-state index contributed by atoms with van der Waals surface area (Å²) in [6, 6.07) is 15.6. The molecule has 3 heterocycles. The van der Waals surface area contributed by atoms with Crippen molar-refractivity contribution in [2.24, 2.45) is 0 Å². The minimum Gasteiger partial charge on any atom is -0.467 e. The van der Waals surface area contributed by atoms with E-state index in [0.29, 0.717) is 17.5 Å². The van der Waals surface area contributed by atoms with Crippen LogP contribution in [-0.2, 0) is 6.54 Å². The van der Waals surface area contributed by atoms with Gasteiger partial charge in [-0.15, -0.1) is 5.10 Å². The predicted molar refractivity (Wildman–Crippen MR) is 113 cm³/mol. The van der Waals surface area contributed by atoms with Crippen LogP contribution in [0.3, 0.4) is 0 Å². The van der Waals surface area contributed by atoms with Crippen LogP contribution in [0, 0.1) is 13.8 Å². The van der Waals surface area contributed by atoms with Gasteiger partial charge >= 0.3 is 0 Å². The molecular formula is C22H22N4O2S. The monoisotopic (exact) mass is 406 g/mol. The fourth-order valence-electron chi connectivity index (χ4n) is 3.31. The fourth-order valence-corrected chi connectivity index (χ4v) is 4.10. The van der Waals surface area contributed by atoms with Gasteiger partial charge in [-0.3, -0.25) is 9.89 Å². The van der Waals surface area contributed by atoms with Gasteiger partial charge in [-0.25, -0.2) is 4.98 Å². The van der Waals surface area contributed by atoms with E-state index in [-0.39, 0.29) is 11.0 Å². The summed E-state index contributed by atoms with van der Waals surface area (Å²) in [5.74, 6) is 1.63. The molecular weight excluding hydrogens is 384 g/mol. The van der Waals surface area contributed by atoms with Crippen LogP contribution in [-0.4, -0.2) is 30.8 Å². The summed E-state index contributed by atoms with van der Waals surface area (Å²) in [4.78, 5) is 17.6. The van der Waals surface area contributed by atoms with Crippen LogP contribution in [0.15, 0.2) is 64.4 Å². The van der Waals surface area contributed by atoms with Crippen molar-refractivity contribution in [3.05, 3.63) is 77.5 Å². The van der Waals surface area contributed by atoms with Crippen molar-refractivity contribution in [3.63, 3.8) is 0 Å². The Morgan fingerprint density at radius 1 is 1.21 bits per heavy atom. The average molecular weight is 407 g/mol. The average Bonchev–Trinajstić information content (AvgIpc) is 3.46. The maximum absolute atomic E-state index is 13.1. The number of aryl methyl sites for hydroxylation is 1. The number of hydrogen-bond acceptors (Lipinski definition) is 5. The lowest BCUT2D eigenvalue weighted by Gasteiger charge is -2.10. The van der Waals surface area contributed by atoms with E-state index in [1.54, 1.807) is 6.26 Å². The molecule has 1 atom stereocenters. The highest BCUT2D eigenvalue weighted by Gasteiger charge is 2.23. The number of furan rings is 1. The van der Waals surface area contributed by atoms with Crippen LogP contribution < -0.4 is 0 Å². The molecule has 0 aliphatic carbocycles. The Balaban J connectivity index is 1.49. The largest absolute Gasteiger partial charge is 0.467 e. The van der Waals surface area contributed by atoms with Crippen LogP contribution in [0.5, 0.6) is 0 Å². The number of carbonyl (C=O) groups is 1. The van der Waals surface area contributed by atoms with Crippen molar-refractivity contribution in [1.82, 2.24) is 19.7 Å². The summed E-state index contributed by atoms with van der Waals surface area (Å²) in [6.07, 6.45) is 1.66. The van der Waals surface area contributed by atoms with Crippen LogP contribution in [0.1, 0.15) is 34.4 Å². The first kappa shape index (κ1) is 19.3. The predicted octanol–water partition coefficient (Wildman–Crippen LogP) is 4.89. The first-order valence-electron chi connectivity index (χ1n) is 9.40. The normalized spacial score (nSPS) is 12.2. The molecule has 0 unspecified atom stereocenters. The number of hydrogen-bond donors (Lipinski definition) is 1. The summed E-state index contributed by atoms with van der Waals surface area (Å²) < 4.78 is 7.55. The number of aromatic nitrogens is 4. The third-order valence-corrected chi connectivity index (χ3v) is 5.86. The topological polar surface area (TPSA) is 76.7 Å². The second kappa shape index (κ2) is 8.13. The SMILES string of the molecule is Cc1cc(C(=O)[C@@H](C)Sc2n[nH]c(-c3ccccc3)n2)c(C)n1Cc1ccco1. The van der Waals surface area contributed by atoms with Gasteiger partial charge in [0.1, 0.15) is 5.76 Å². The van der Waals surface area contributed by atoms with Crippen molar-refractivity contribution < 1.29 is 9.21 Å². The molecule has 4 rings (SSSR count). The van der Waals surface area contributed by atoms with Crippen LogP contribution >= 0.6 is 11.8 Å². The third kappa shape index (κ3) is 4.05. The fraction of sp³-hybridized carbons (Fsp3) is 0.227. The molecule has 0 fully saturated rings. The third-order valence-electron chi connectivity index (χ3n) is 4.90. The Morgan fingerprint density at radius 3 is 2.72 bits per heavy atom. The molecule has 0 aliphatic heterocycles. The molecule has 0 bridgehead atoms. The molecule has 4 aromatic rings. The second-order valence-electron chi connectivity index (χ2n) is 6.91. The van der Waals surface area contributed by atoms with Crippen LogP contribution in [0.4, 0.5) is 0 Å². The van der Waals surface area contributed by atoms with E-state index in [1.807, 2.05) is 69.3 Å². The van der Waals surface area contributed by atoms with Crippen molar-refractivity contribution in [1.29, 1.82) is 0 Å².